The highest BCUT2D eigenvalue weighted by atomic mass is 79.9. The number of amides is 1. The summed E-state index contributed by atoms with van der Waals surface area (Å²) in [5, 5.41) is 1.87. The molecule has 1 N–H and O–H groups in total. The number of hydrogen-bond acceptors (Lipinski definition) is 5. The maximum absolute atomic E-state index is 12.7. The molecule has 0 bridgehead atoms. The Morgan fingerprint density at radius 3 is 2.73 bits per heavy atom. The fraction of sp³-hybridized carbons (Fsp3) is 0.118. The summed E-state index contributed by atoms with van der Waals surface area (Å²) in [5.74, 6) is -0.0547. The maximum Gasteiger partial charge on any atom is 0.271 e. The fourth-order valence-corrected chi connectivity index (χ4v) is 6.57. The summed E-state index contributed by atoms with van der Waals surface area (Å²) in [5.41, 5.74) is 2.24. The van der Waals surface area contributed by atoms with E-state index in [1.807, 2.05) is 17.5 Å². The van der Waals surface area contributed by atoms with Crippen molar-refractivity contribution in [1.29, 1.82) is 0 Å². The number of nitrogens with one attached hydrogen (secondary N) is 1. The Morgan fingerprint density at radius 2 is 2.04 bits per heavy atom. The minimum atomic E-state index is -3.65. The van der Waals surface area contributed by atoms with Gasteiger partial charge in [-0.25, -0.2) is 8.42 Å². The van der Waals surface area contributed by atoms with E-state index >= 15 is 0 Å². The van der Waals surface area contributed by atoms with Gasteiger partial charge in [0.05, 0.1) is 14.4 Å². The molecule has 3 heterocycles. The average Bonchev–Trinajstić information content (AvgIpc) is 3.34. The van der Waals surface area contributed by atoms with Gasteiger partial charge in [-0.15, -0.1) is 22.7 Å². The third-order valence-corrected chi connectivity index (χ3v) is 8.38. The second-order valence-corrected chi connectivity index (χ2v) is 11.0. The van der Waals surface area contributed by atoms with Crippen LogP contribution in [0, 0.1) is 0 Å². The smallest absolute Gasteiger partial charge is 0.271 e. The Kier molecular flexibility index (Phi) is 4.64. The van der Waals surface area contributed by atoms with E-state index in [1.54, 1.807) is 35.2 Å². The van der Waals surface area contributed by atoms with Gasteiger partial charge in [-0.05, 0) is 63.6 Å². The zero-order valence-corrected chi connectivity index (χ0v) is 17.3. The third kappa shape index (κ3) is 3.32. The van der Waals surface area contributed by atoms with E-state index in [2.05, 4.69) is 20.7 Å². The number of hydrogen-bond donors (Lipinski definition) is 1. The van der Waals surface area contributed by atoms with Crippen molar-refractivity contribution in [3.8, 4) is 0 Å². The molecule has 26 heavy (non-hydrogen) atoms. The van der Waals surface area contributed by atoms with E-state index in [0.717, 1.165) is 32.8 Å². The van der Waals surface area contributed by atoms with Crippen LogP contribution in [0.1, 0.15) is 15.2 Å². The Labute approximate surface area is 167 Å². The minimum Gasteiger partial charge on any atom is -0.307 e. The first-order chi connectivity index (χ1) is 12.4. The molecule has 0 aliphatic carbocycles. The predicted molar refractivity (Wildman–Crippen MR) is 109 cm³/mol. The number of carbonyl (C=O) groups excluding carboxylic acids is 1. The lowest BCUT2D eigenvalue weighted by atomic mass is 10.1. The number of fused-ring (bicyclic) bond motifs is 1. The van der Waals surface area contributed by atoms with Gasteiger partial charge in [0.2, 0.25) is 0 Å². The molecule has 9 heteroatoms. The van der Waals surface area contributed by atoms with Crippen LogP contribution in [0.3, 0.4) is 0 Å². The zero-order valence-electron chi connectivity index (χ0n) is 13.3. The number of sulfonamides is 1. The quantitative estimate of drug-likeness (QED) is 0.609. The molecular formula is C17H13BrN2O3S3. The van der Waals surface area contributed by atoms with E-state index in [4.69, 9.17) is 0 Å². The van der Waals surface area contributed by atoms with Crippen LogP contribution in [0.5, 0.6) is 0 Å². The zero-order chi connectivity index (χ0) is 18.3. The Hall–Kier alpha value is -1.68. The van der Waals surface area contributed by atoms with E-state index in [9.17, 15) is 13.2 Å². The van der Waals surface area contributed by atoms with E-state index in [1.165, 1.54) is 11.3 Å². The SMILES string of the molecule is O=C(c1cccs1)N1CCc2ccc(NS(=O)(=O)c3ccc(Br)s3)cc21. The second-order valence-electron chi connectivity index (χ2n) is 5.69. The van der Waals surface area contributed by atoms with Crippen LogP contribution in [-0.2, 0) is 16.4 Å². The number of anilines is 2. The van der Waals surface area contributed by atoms with Gasteiger partial charge in [0, 0.05) is 12.2 Å². The van der Waals surface area contributed by atoms with Gasteiger partial charge < -0.3 is 4.90 Å². The molecule has 134 valence electrons. The van der Waals surface area contributed by atoms with Gasteiger partial charge in [-0.1, -0.05) is 12.1 Å². The molecule has 0 radical (unpaired) electrons. The molecule has 0 unspecified atom stereocenters. The summed E-state index contributed by atoms with van der Waals surface area (Å²) < 4.78 is 28.6. The summed E-state index contributed by atoms with van der Waals surface area (Å²) in [7, 11) is -3.65. The molecule has 0 atom stereocenters. The Bertz CT molecular complexity index is 1070. The van der Waals surface area contributed by atoms with Crippen LogP contribution in [0.15, 0.2) is 55.8 Å². The highest BCUT2D eigenvalue weighted by Crippen LogP contribution is 2.34. The van der Waals surface area contributed by atoms with Crippen molar-refractivity contribution in [2.24, 2.45) is 0 Å². The van der Waals surface area contributed by atoms with E-state index < -0.39 is 10.0 Å². The van der Waals surface area contributed by atoms with Crippen LogP contribution < -0.4 is 9.62 Å². The molecule has 0 saturated carbocycles. The molecule has 0 saturated heterocycles. The second kappa shape index (κ2) is 6.80. The summed E-state index contributed by atoms with van der Waals surface area (Å²) in [6, 6.07) is 12.2. The van der Waals surface area contributed by atoms with Crippen LogP contribution >= 0.6 is 38.6 Å². The topological polar surface area (TPSA) is 66.5 Å². The lowest BCUT2D eigenvalue weighted by molar-refractivity contribution is 0.0993. The number of halogens is 1. The monoisotopic (exact) mass is 468 g/mol. The van der Waals surface area contributed by atoms with Gasteiger partial charge in [-0.2, -0.15) is 0 Å². The van der Waals surface area contributed by atoms with Gasteiger partial charge >= 0.3 is 0 Å². The first-order valence-corrected chi connectivity index (χ1v) is 11.7. The van der Waals surface area contributed by atoms with Crippen LogP contribution in [0.25, 0.3) is 0 Å². The van der Waals surface area contributed by atoms with Crippen molar-refractivity contribution < 1.29 is 13.2 Å². The highest BCUT2D eigenvalue weighted by molar-refractivity contribution is 9.11. The molecule has 1 amide bonds. The van der Waals surface area contributed by atoms with Gasteiger partial charge in [-0.3, -0.25) is 9.52 Å². The summed E-state index contributed by atoms with van der Waals surface area (Å²) in [4.78, 5) is 15.1. The first kappa shape index (κ1) is 17.7. The molecule has 1 aliphatic rings. The molecule has 1 aromatic carbocycles. The lowest BCUT2D eigenvalue weighted by Gasteiger charge is -2.17. The number of thiophene rings is 2. The fourth-order valence-electron chi connectivity index (χ4n) is 2.83. The van der Waals surface area contributed by atoms with Gasteiger partial charge in [0.15, 0.2) is 0 Å². The maximum atomic E-state index is 12.7. The van der Waals surface area contributed by atoms with Crippen LogP contribution in [0.4, 0.5) is 11.4 Å². The first-order valence-electron chi connectivity index (χ1n) is 7.70. The largest absolute Gasteiger partial charge is 0.307 e. The molecule has 5 nitrogen and oxygen atoms in total. The van der Waals surface area contributed by atoms with E-state index in [0.29, 0.717) is 17.1 Å². The third-order valence-electron chi connectivity index (χ3n) is 4.02. The van der Waals surface area contributed by atoms with Crippen molar-refractivity contribution in [3.05, 3.63) is 62.1 Å². The van der Waals surface area contributed by atoms with Crippen LogP contribution in [-0.4, -0.2) is 20.9 Å². The number of benzene rings is 1. The minimum absolute atomic E-state index is 0.0547. The molecular weight excluding hydrogens is 456 g/mol. The summed E-state index contributed by atoms with van der Waals surface area (Å²) in [6.45, 7) is 0.597. The predicted octanol–water partition coefficient (Wildman–Crippen LogP) is 4.58. The van der Waals surface area contributed by atoms with Crippen molar-refractivity contribution in [2.45, 2.75) is 10.6 Å². The number of carbonyl (C=O) groups is 1. The normalized spacial score (nSPS) is 13.7. The Balaban J connectivity index is 1.63. The molecule has 0 fully saturated rings. The van der Waals surface area contributed by atoms with Gasteiger partial charge in [0.25, 0.3) is 15.9 Å². The van der Waals surface area contributed by atoms with Crippen molar-refractivity contribution in [3.63, 3.8) is 0 Å². The molecule has 4 rings (SSSR count). The van der Waals surface area contributed by atoms with Crippen LogP contribution in [0.2, 0.25) is 0 Å². The number of nitrogens with zero attached hydrogens (tertiary/aromatic N) is 1. The molecule has 3 aromatic rings. The lowest BCUT2D eigenvalue weighted by Crippen LogP contribution is -2.28. The summed E-state index contributed by atoms with van der Waals surface area (Å²) in [6.07, 6.45) is 0.761. The molecule has 1 aliphatic heterocycles. The van der Waals surface area contributed by atoms with Crippen molar-refractivity contribution >= 4 is 65.9 Å². The number of rotatable bonds is 4. The van der Waals surface area contributed by atoms with E-state index in [-0.39, 0.29) is 10.1 Å². The Morgan fingerprint density at radius 1 is 1.19 bits per heavy atom. The highest BCUT2D eigenvalue weighted by Gasteiger charge is 2.27. The standard InChI is InChI=1S/C17H13BrN2O3S3/c18-15-5-6-16(25-15)26(22,23)19-12-4-3-11-7-8-20(13(11)10-12)17(21)14-2-1-9-24-14/h1-6,9-10,19H,7-8H2. The van der Waals surface area contributed by atoms with Crippen molar-refractivity contribution in [2.75, 3.05) is 16.2 Å². The molecule has 0 spiro atoms. The summed E-state index contributed by atoms with van der Waals surface area (Å²) >= 11 is 5.82. The average molecular weight is 469 g/mol. The van der Waals surface area contributed by atoms with Crippen molar-refractivity contribution in [1.82, 2.24) is 0 Å². The van der Waals surface area contributed by atoms with Gasteiger partial charge in [0.1, 0.15) is 4.21 Å². The molecule has 2 aromatic heterocycles.